The third-order valence-electron chi connectivity index (χ3n) is 14.4. The van der Waals surface area contributed by atoms with Gasteiger partial charge in [-0.05, 0) is 76.9 Å². The minimum atomic E-state index is -1.18. The van der Waals surface area contributed by atoms with Crippen LogP contribution in [0.15, 0.2) is 66.7 Å². The summed E-state index contributed by atoms with van der Waals surface area (Å²) >= 11 is 0. The maximum Gasteiger partial charge on any atom is 0.339 e. The van der Waals surface area contributed by atoms with Crippen LogP contribution in [-0.4, -0.2) is 98.3 Å². The van der Waals surface area contributed by atoms with Crippen LogP contribution in [0.5, 0.6) is 57.5 Å². The summed E-state index contributed by atoms with van der Waals surface area (Å²) in [5.41, 5.74) is 1.80. The summed E-state index contributed by atoms with van der Waals surface area (Å²) < 4.78 is 80.8. The van der Waals surface area contributed by atoms with E-state index in [9.17, 15) is 29.3 Å². The van der Waals surface area contributed by atoms with Gasteiger partial charge >= 0.3 is 23.9 Å². The van der Waals surface area contributed by atoms with Gasteiger partial charge in [-0.3, -0.25) is 19.7 Å². The number of methoxy groups -OCH3 is 6. The fourth-order valence-electron chi connectivity index (χ4n) is 11.2. The van der Waals surface area contributed by atoms with E-state index >= 15 is 0 Å². The van der Waals surface area contributed by atoms with E-state index in [1.807, 2.05) is 0 Å². The monoisotopic (exact) mass is 1000 g/mol. The number of nitrogens with zero attached hydrogens (tertiary/aromatic N) is 1. The Labute approximate surface area is 415 Å². The Balaban J connectivity index is 0.956. The molecule has 0 amide bonds. The molecular weight excluding hydrogens is 959 g/mol. The van der Waals surface area contributed by atoms with Crippen molar-refractivity contribution in [3.63, 3.8) is 0 Å². The Morgan fingerprint density at radius 1 is 0.493 bits per heavy atom. The molecule has 6 aliphatic rings. The molecule has 378 valence electrons. The zero-order valence-corrected chi connectivity index (χ0v) is 39.9. The summed E-state index contributed by atoms with van der Waals surface area (Å²) in [4.78, 5) is 68.7. The highest BCUT2D eigenvalue weighted by atomic mass is 16.7. The van der Waals surface area contributed by atoms with Crippen molar-refractivity contribution in [2.75, 3.05) is 69.5 Å². The second-order valence-electron chi connectivity index (χ2n) is 17.9. The van der Waals surface area contributed by atoms with Crippen LogP contribution in [0.3, 0.4) is 0 Å². The predicted octanol–water partition coefficient (Wildman–Crippen LogP) is 6.77. The number of carbonyl (C=O) groups is 4. The van der Waals surface area contributed by atoms with Crippen LogP contribution in [0.1, 0.15) is 78.1 Å². The molecule has 73 heavy (non-hydrogen) atoms. The quantitative estimate of drug-likeness (QED) is 0.0511. The van der Waals surface area contributed by atoms with E-state index < -0.39 is 82.2 Å². The molecule has 0 saturated carbocycles. The van der Waals surface area contributed by atoms with E-state index in [4.69, 9.17) is 66.3 Å². The standard InChI is InChI=1S/C52H45NO20/c1-60-37-10-22(11-38(61-2)47(37)64-5)41-27-14-33-35(70-20-68-33)16-29(27)45(31-18-66-51(56)43(31)41)72-49(54)24-7-25(9-26(8-24)53(58)59)50(55)73-46-30-17-36-34(69-21-71-36)15-28(30)42(44-32(46)19-67-52(44)57)23-12-39(62-3)48(65-6)40(13-23)63-4/h7-17,31-32,41-46H,18-21H2,1-6H3/t31?,32?,41-,42-,43+,44+,45+,46+/m1/s1. The third kappa shape index (κ3) is 7.59. The van der Waals surface area contributed by atoms with Gasteiger partial charge in [-0.1, -0.05) is 0 Å². The number of carbonyl (C=O) groups excluding carboxylic acids is 4. The highest BCUT2D eigenvalue weighted by molar-refractivity contribution is 5.97. The van der Waals surface area contributed by atoms with Crippen LogP contribution in [0.4, 0.5) is 5.69 Å². The Kier molecular flexibility index (Phi) is 11.7. The minimum absolute atomic E-state index is 0.0890. The van der Waals surface area contributed by atoms with Crippen molar-refractivity contribution in [1.29, 1.82) is 0 Å². The number of benzene rings is 5. The molecule has 21 nitrogen and oxygen atoms in total. The fourth-order valence-corrected chi connectivity index (χ4v) is 11.2. The smallest absolute Gasteiger partial charge is 0.339 e. The van der Waals surface area contributed by atoms with Crippen LogP contribution in [0, 0.1) is 33.8 Å². The lowest BCUT2D eigenvalue weighted by Gasteiger charge is -2.38. The maximum absolute atomic E-state index is 14.6. The Bertz CT molecular complexity index is 2900. The molecule has 4 aliphatic heterocycles. The van der Waals surface area contributed by atoms with Crippen molar-refractivity contribution in [2.45, 2.75) is 24.0 Å². The fraction of sp³-hybridized carbons (Fsp3) is 0.346. The van der Waals surface area contributed by atoms with Gasteiger partial charge in [-0.2, -0.15) is 0 Å². The zero-order chi connectivity index (χ0) is 51.0. The van der Waals surface area contributed by atoms with Crippen LogP contribution >= 0.6 is 0 Å². The van der Waals surface area contributed by atoms with Crippen LogP contribution in [0.2, 0.25) is 0 Å². The van der Waals surface area contributed by atoms with Crippen molar-refractivity contribution >= 4 is 29.6 Å². The molecule has 2 unspecified atom stereocenters. The summed E-state index contributed by atoms with van der Waals surface area (Å²) in [6.07, 6.45) is -2.35. The van der Waals surface area contributed by atoms with Gasteiger partial charge in [0.05, 0.1) is 83.8 Å². The lowest BCUT2D eigenvalue weighted by molar-refractivity contribution is -0.384. The molecule has 2 aliphatic carbocycles. The summed E-state index contributed by atoms with van der Waals surface area (Å²) in [7, 11) is 8.82. The van der Waals surface area contributed by atoms with Gasteiger partial charge in [0.2, 0.25) is 25.1 Å². The van der Waals surface area contributed by atoms with Crippen LogP contribution in [0.25, 0.3) is 0 Å². The molecule has 8 atom stereocenters. The van der Waals surface area contributed by atoms with Gasteiger partial charge in [0.1, 0.15) is 12.2 Å². The highest BCUT2D eigenvalue weighted by Crippen LogP contribution is 2.59. The second kappa shape index (κ2) is 18.2. The molecule has 4 heterocycles. The van der Waals surface area contributed by atoms with Gasteiger partial charge in [0, 0.05) is 46.9 Å². The molecule has 0 spiro atoms. The number of esters is 4. The average molecular weight is 1000 g/mol. The van der Waals surface area contributed by atoms with Gasteiger partial charge in [-0.25, -0.2) is 9.59 Å². The number of ether oxygens (including phenoxy) is 14. The molecule has 0 N–H and O–H groups in total. The number of rotatable bonds is 13. The normalized spacial score (nSPS) is 23.4. The second-order valence-corrected chi connectivity index (χ2v) is 17.9. The number of nitro benzene ring substituents is 1. The maximum atomic E-state index is 14.6. The SMILES string of the molecule is COc1cc([C@@H]2c3cc4c(cc3[C@H](OC(=O)c3cc(C(=O)O[C@H]5c6cc7c(cc6[C@@H](c6cc(OC)c(OC)c(OC)c6)[C@H]6C(=O)OCC56)OCO7)cc([N+](=O)[O-])c3)C3COC(=O)[C@@H]32)OCO4)cc(OC)c1OC. The number of non-ortho nitro benzene ring substituents is 1. The number of hydrogen-bond acceptors (Lipinski definition) is 20. The molecule has 11 rings (SSSR count). The minimum Gasteiger partial charge on any atom is -0.493 e. The molecule has 2 saturated heterocycles. The lowest BCUT2D eigenvalue weighted by Crippen LogP contribution is -2.37. The van der Waals surface area contributed by atoms with E-state index in [0.717, 1.165) is 18.2 Å². The van der Waals surface area contributed by atoms with Gasteiger partial charge in [-0.15, -0.1) is 0 Å². The van der Waals surface area contributed by atoms with Crippen molar-refractivity contribution in [1.82, 2.24) is 0 Å². The van der Waals surface area contributed by atoms with Crippen molar-refractivity contribution in [3.8, 4) is 57.5 Å². The molecule has 0 bridgehead atoms. The topological polar surface area (TPSA) is 241 Å². The molecule has 5 aromatic carbocycles. The first-order valence-corrected chi connectivity index (χ1v) is 22.9. The first-order valence-electron chi connectivity index (χ1n) is 22.9. The average Bonchev–Trinajstić information content (AvgIpc) is 4.24. The number of cyclic esters (lactones) is 2. The lowest BCUT2D eigenvalue weighted by atomic mass is 9.66. The van der Waals surface area contributed by atoms with Gasteiger partial charge < -0.3 is 66.3 Å². The van der Waals surface area contributed by atoms with Gasteiger partial charge in [0.25, 0.3) is 5.69 Å². The third-order valence-corrected chi connectivity index (χ3v) is 14.4. The summed E-state index contributed by atoms with van der Waals surface area (Å²) in [6, 6.07) is 16.8. The van der Waals surface area contributed by atoms with Crippen molar-refractivity contribution in [2.24, 2.45) is 23.7 Å². The number of fused-ring (bicyclic) bond motifs is 6. The Hall–Kier alpha value is -8.62. The number of hydrogen-bond donors (Lipinski definition) is 0. The largest absolute Gasteiger partial charge is 0.493 e. The molecule has 2 fully saturated rings. The first kappa shape index (κ1) is 46.7. The summed E-state index contributed by atoms with van der Waals surface area (Å²) in [5.74, 6) is -4.62. The van der Waals surface area contributed by atoms with Crippen LogP contribution < -0.4 is 47.4 Å². The molecule has 5 aromatic rings. The first-order chi connectivity index (χ1) is 35.4. The summed E-state index contributed by atoms with van der Waals surface area (Å²) in [6.45, 7) is -0.482. The highest BCUT2D eigenvalue weighted by Gasteiger charge is 2.56. The summed E-state index contributed by atoms with van der Waals surface area (Å²) in [5, 5.41) is 12.5. The molecule has 21 heteroatoms. The molecule has 0 aromatic heterocycles. The van der Waals surface area contributed by atoms with Crippen LogP contribution in [-0.2, 0) is 28.5 Å². The van der Waals surface area contributed by atoms with E-state index in [1.165, 1.54) is 42.7 Å². The van der Waals surface area contributed by atoms with E-state index in [0.29, 0.717) is 90.9 Å². The van der Waals surface area contributed by atoms with Crippen molar-refractivity contribution < 1.29 is 90.4 Å². The molecular formula is C52H45NO20. The predicted molar refractivity (Wildman–Crippen MR) is 246 cm³/mol. The molecule has 0 radical (unpaired) electrons. The van der Waals surface area contributed by atoms with Crippen molar-refractivity contribution in [3.05, 3.63) is 121 Å². The van der Waals surface area contributed by atoms with E-state index in [-0.39, 0.29) is 37.9 Å². The Morgan fingerprint density at radius 3 is 1.18 bits per heavy atom. The van der Waals surface area contributed by atoms with E-state index in [1.54, 1.807) is 48.5 Å². The van der Waals surface area contributed by atoms with E-state index in [2.05, 4.69) is 0 Å². The Morgan fingerprint density at radius 2 is 0.849 bits per heavy atom. The number of nitro groups is 1. The van der Waals surface area contributed by atoms with Gasteiger partial charge in [0.15, 0.2) is 46.0 Å². The zero-order valence-electron chi connectivity index (χ0n) is 39.9.